The van der Waals surface area contributed by atoms with Gasteiger partial charge in [-0.1, -0.05) is 0 Å². The molecule has 4 nitrogen and oxygen atoms in total. The van der Waals surface area contributed by atoms with Crippen LogP contribution in [0.1, 0.15) is 28.9 Å². The van der Waals surface area contributed by atoms with E-state index in [4.69, 9.17) is 4.74 Å². The van der Waals surface area contributed by atoms with Crippen LogP contribution in [-0.2, 0) is 0 Å². The molecule has 1 aliphatic heterocycles. The number of piperidine rings is 1. The van der Waals surface area contributed by atoms with Crippen molar-refractivity contribution in [2.75, 3.05) is 20.3 Å². The summed E-state index contributed by atoms with van der Waals surface area (Å²) in [5.74, 6) is 0.730. The van der Waals surface area contributed by atoms with E-state index in [0.717, 1.165) is 31.6 Å². The normalized spacial score (nSPS) is 20.4. The molecule has 1 saturated heterocycles. The van der Waals surface area contributed by atoms with Gasteiger partial charge in [0, 0.05) is 18.0 Å². The van der Waals surface area contributed by atoms with Crippen molar-refractivity contribution in [1.29, 1.82) is 0 Å². The number of likely N-dealkylation sites (tertiary alicyclic amines) is 1. The van der Waals surface area contributed by atoms with Crippen molar-refractivity contribution in [2.24, 2.45) is 0 Å². The molecule has 1 amide bonds. The fraction of sp³-hybridized carbons (Fsp3) is 0.583. The van der Waals surface area contributed by atoms with Crippen LogP contribution < -0.4 is 4.74 Å². The lowest BCUT2D eigenvalue weighted by Crippen LogP contribution is -2.45. The molecule has 0 aliphatic carbocycles. The van der Waals surface area contributed by atoms with Gasteiger partial charge in [-0.2, -0.15) is 0 Å². The summed E-state index contributed by atoms with van der Waals surface area (Å²) in [6.07, 6.45) is 3.00. The summed E-state index contributed by atoms with van der Waals surface area (Å²) in [4.78, 5) is 14.7. The molecule has 0 saturated carbocycles. The SMILES string of the molecule is COc1csc(C(=O)N2CCCCC2CO)c1. The second-order valence-corrected chi connectivity index (χ2v) is 5.09. The predicted octanol–water partition coefficient (Wildman–Crippen LogP) is 1.74. The number of amides is 1. The van der Waals surface area contributed by atoms with E-state index < -0.39 is 0 Å². The minimum Gasteiger partial charge on any atom is -0.496 e. The van der Waals surface area contributed by atoms with Crippen LogP contribution in [0.15, 0.2) is 11.4 Å². The summed E-state index contributed by atoms with van der Waals surface area (Å²) in [5.41, 5.74) is 0. The zero-order chi connectivity index (χ0) is 12.3. The molecular formula is C12H17NO3S. The zero-order valence-corrected chi connectivity index (χ0v) is 10.7. The molecule has 94 valence electrons. The second-order valence-electron chi connectivity index (χ2n) is 4.18. The second kappa shape index (κ2) is 5.51. The Morgan fingerprint density at radius 1 is 1.65 bits per heavy atom. The van der Waals surface area contributed by atoms with E-state index >= 15 is 0 Å². The van der Waals surface area contributed by atoms with Gasteiger partial charge < -0.3 is 14.7 Å². The molecule has 0 bridgehead atoms. The van der Waals surface area contributed by atoms with Crippen molar-refractivity contribution in [1.82, 2.24) is 4.90 Å². The molecule has 0 radical (unpaired) electrons. The van der Waals surface area contributed by atoms with Crippen LogP contribution in [0.25, 0.3) is 0 Å². The number of ether oxygens (including phenoxy) is 1. The van der Waals surface area contributed by atoms with Crippen LogP contribution in [-0.4, -0.2) is 42.2 Å². The van der Waals surface area contributed by atoms with Gasteiger partial charge in [0.15, 0.2) is 0 Å². The highest BCUT2D eigenvalue weighted by Crippen LogP contribution is 2.25. The predicted molar refractivity (Wildman–Crippen MR) is 66.6 cm³/mol. The Kier molecular flexibility index (Phi) is 4.02. The monoisotopic (exact) mass is 255 g/mol. The third-order valence-corrected chi connectivity index (χ3v) is 4.02. The fourth-order valence-electron chi connectivity index (χ4n) is 2.14. The number of nitrogens with zero attached hydrogens (tertiary/aromatic N) is 1. The van der Waals surface area contributed by atoms with Crippen LogP contribution in [0, 0.1) is 0 Å². The van der Waals surface area contributed by atoms with Gasteiger partial charge in [-0.05, 0) is 19.3 Å². The third kappa shape index (κ3) is 2.61. The highest BCUT2D eigenvalue weighted by molar-refractivity contribution is 7.12. The van der Waals surface area contributed by atoms with Crippen molar-refractivity contribution in [3.05, 3.63) is 16.3 Å². The molecule has 1 aromatic rings. The molecule has 1 fully saturated rings. The van der Waals surface area contributed by atoms with Gasteiger partial charge in [0.2, 0.25) is 0 Å². The maximum atomic E-state index is 12.3. The summed E-state index contributed by atoms with van der Waals surface area (Å²) in [6, 6.07) is 1.74. The Morgan fingerprint density at radius 2 is 2.47 bits per heavy atom. The van der Waals surface area contributed by atoms with Gasteiger partial charge in [-0.15, -0.1) is 11.3 Å². The minimum absolute atomic E-state index is 0.0112. The maximum absolute atomic E-state index is 12.3. The lowest BCUT2D eigenvalue weighted by atomic mass is 10.0. The number of aliphatic hydroxyl groups excluding tert-OH is 1. The molecule has 1 atom stereocenters. The van der Waals surface area contributed by atoms with E-state index in [2.05, 4.69) is 0 Å². The number of thiophene rings is 1. The van der Waals surface area contributed by atoms with Gasteiger partial charge in [0.1, 0.15) is 5.75 Å². The highest BCUT2D eigenvalue weighted by Gasteiger charge is 2.27. The largest absolute Gasteiger partial charge is 0.496 e. The highest BCUT2D eigenvalue weighted by atomic mass is 32.1. The van der Waals surface area contributed by atoms with Crippen LogP contribution >= 0.6 is 11.3 Å². The fourth-order valence-corrected chi connectivity index (χ4v) is 2.95. The molecule has 2 heterocycles. The third-order valence-electron chi connectivity index (χ3n) is 3.12. The molecule has 1 N–H and O–H groups in total. The molecule has 1 aliphatic rings. The molecule has 0 aromatic carbocycles. The Balaban J connectivity index is 2.12. The lowest BCUT2D eigenvalue weighted by molar-refractivity contribution is 0.0507. The number of rotatable bonds is 3. The number of methoxy groups -OCH3 is 1. The van der Waals surface area contributed by atoms with E-state index in [0.29, 0.717) is 4.88 Å². The van der Waals surface area contributed by atoms with Crippen molar-refractivity contribution < 1.29 is 14.6 Å². The summed E-state index contributed by atoms with van der Waals surface area (Å²) in [6.45, 7) is 0.790. The first kappa shape index (κ1) is 12.4. The number of carbonyl (C=O) groups is 1. The average Bonchev–Trinajstić information content (AvgIpc) is 2.86. The molecule has 5 heteroatoms. The van der Waals surface area contributed by atoms with Crippen molar-refractivity contribution >= 4 is 17.2 Å². The molecule has 17 heavy (non-hydrogen) atoms. The van der Waals surface area contributed by atoms with E-state index in [9.17, 15) is 9.90 Å². The van der Waals surface area contributed by atoms with Crippen LogP contribution in [0.5, 0.6) is 5.75 Å². The number of aliphatic hydroxyl groups is 1. The Bertz CT molecular complexity index is 391. The van der Waals surface area contributed by atoms with Gasteiger partial charge in [0.05, 0.1) is 24.6 Å². The lowest BCUT2D eigenvalue weighted by Gasteiger charge is -2.34. The van der Waals surface area contributed by atoms with Crippen molar-refractivity contribution in [3.63, 3.8) is 0 Å². The Morgan fingerprint density at radius 3 is 3.12 bits per heavy atom. The number of carbonyl (C=O) groups excluding carboxylic acids is 1. The molecule has 1 aromatic heterocycles. The topological polar surface area (TPSA) is 49.8 Å². The van der Waals surface area contributed by atoms with E-state index in [-0.39, 0.29) is 18.6 Å². The van der Waals surface area contributed by atoms with Gasteiger partial charge in [0.25, 0.3) is 5.91 Å². The number of hydrogen-bond donors (Lipinski definition) is 1. The van der Waals surface area contributed by atoms with Gasteiger partial charge in [-0.25, -0.2) is 0 Å². The quantitative estimate of drug-likeness (QED) is 0.895. The van der Waals surface area contributed by atoms with Gasteiger partial charge >= 0.3 is 0 Å². The maximum Gasteiger partial charge on any atom is 0.264 e. The first-order valence-corrected chi connectivity index (χ1v) is 6.68. The summed E-state index contributed by atoms with van der Waals surface area (Å²) in [7, 11) is 1.59. The average molecular weight is 255 g/mol. The summed E-state index contributed by atoms with van der Waals surface area (Å²) < 4.78 is 5.08. The first-order chi connectivity index (χ1) is 8.26. The number of hydrogen-bond acceptors (Lipinski definition) is 4. The van der Waals surface area contributed by atoms with Crippen LogP contribution in [0.2, 0.25) is 0 Å². The van der Waals surface area contributed by atoms with Crippen LogP contribution in [0.4, 0.5) is 0 Å². The molecule has 0 spiro atoms. The van der Waals surface area contributed by atoms with Crippen molar-refractivity contribution in [2.45, 2.75) is 25.3 Å². The summed E-state index contributed by atoms with van der Waals surface area (Å²) in [5, 5.41) is 11.1. The van der Waals surface area contributed by atoms with E-state index in [1.165, 1.54) is 11.3 Å². The standard InChI is InChI=1S/C12H17NO3S/c1-16-10-6-11(17-8-10)12(15)13-5-3-2-4-9(13)7-14/h6,8-9,14H,2-5,7H2,1H3. The van der Waals surface area contributed by atoms with E-state index in [1.807, 2.05) is 5.38 Å². The summed E-state index contributed by atoms with van der Waals surface area (Å²) >= 11 is 1.39. The Labute approximate surface area is 105 Å². The molecule has 2 rings (SSSR count). The smallest absolute Gasteiger partial charge is 0.264 e. The minimum atomic E-state index is -0.0238. The van der Waals surface area contributed by atoms with Crippen LogP contribution in [0.3, 0.4) is 0 Å². The first-order valence-electron chi connectivity index (χ1n) is 5.80. The van der Waals surface area contributed by atoms with Crippen molar-refractivity contribution in [3.8, 4) is 5.75 Å². The molecular weight excluding hydrogens is 238 g/mol. The van der Waals surface area contributed by atoms with E-state index in [1.54, 1.807) is 18.1 Å². The molecule has 1 unspecified atom stereocenters. The van der Waals surface area contributed by atoms with Gasteiger partial charge in [-0.3, -0.25) is 4.79 Å². The zero-order valence-electron chi connectivity index (χ0n) is 9.89. The Hall–Kier alpha value is -1.07.